The Labute approximate surface area is 267 Å². The van der Waals surface area contributed by atoms with Gasteiger partial charge in [0, 0.05) is 11.8 Å². The Hall–Kier alpha value is -0.460. The molecule has 0 aromatic rings. The molecule has 0 bridgehead atoms. The van der Waals surface area contributed by atoms with Gasteiger partial charge in [-0.25, -0.2) is 0 Å². The molecule has 6 aliphatic carbocycles. The van der Waals surface area contributed by atoms with Crippen molar-refractivity contribution in [2.45, 2.75) is 184 Å². The molecule has 1 saturated heterocycles. The second kappa shape index (κ2) is 11.9. The molecule has 1 spiro atoms. The largest absolute Gasteiger partial charge is 0.393 e. The highest BCUT2D eigenvalue weighted by Gasteiger charge is 2.68. The van der Waals surface area contributed by atoms with Crippen LogP contribution in [0, 0.1) is 46.3 Å². The van der Waals surface area contributed by atoms with Gasteiger partial charge < -0.3 is 25.2 Å². The second-order valence-electron chi connectivity index (χ2n) is 18.0. The van der Waals surface area contributed by atoms with E-state index in [0.717, 1.165) is 63.7 Å². The van der Waals surface area contributed by atoms with E-state index < -0.39 is 17.8 Å². The van der Waals surface area contributed by atoms with Crippen LogP contribution in [0.3, 0.4) is 0 Å². The summed E-state index contributed by atoms with van der Waals surface area (Å²) < 4.78 is 6.78. The van der Waals surface area contributed by atoms with E-state index in [1.54, 1.807) is 6.92 Å². The van der Waals surface area contributed by atoms with E-state index in [4.69, 9.17) is 11.3 Å². The smallest absolute Gasteiger partial charge is 0.0930 e. The number of allylic oxidation sites excluding steroid dienone is 1. The molecular formula is C39H64O5. The van der Waals surface area contributed by atoms with Crippen LogP contribution in [0.5, 0.6) is 0 Å². The van der Waals surface area contributed by atoms with Crippen LogP contribution in [0.25, 0.3) is 0 Å². The van der Waals surface area contributed by atoms with Crippen LogP contribution in [0.2, 0.25) is 0 Å². The van der Waals surface area contributed by atoms with Crippen molar-refractivity contribution in [3.8, 4) is 0 Å². The number of ether oxygens (including phenoxy) is 1. The molecule has 7 aliphatic rings. The fourth-order valence-corrected chi connectivity index (χ4v) is 13.1. The SMILES string of the molecule is C=C1C[C@@]2(CC[C@@H](CC[C@@]3(O)CCC[C@H](O)C3)C2)[C@@H]2O[C@]2(C)CC[C@@H]2[C@@H]1C[C@]2(C1CCCCC1)[C@@H]1CC[C@H]([C@@H](O)[C@H](C)O)C1. The molecule has 44 heavy (non-hydrogen) atoms. The monoisotopic (exact) mass is 612 g/mol. The van der Waals surface area contributed by atoms with Gasteiger partial charge in [0.2, 0.25) is 0 Å². The highest BCUT2D eigenvalue weighted by molar-refractivity contribution is 5.25. The molecule has 13 atom stereocenters. The summed E-state index contributed by atoms with van der Waals surface area (Å²) in [4.78, 5) is 0. The lowest BCUT2D eigenvalue weighted by atomic mass is 9.40. The molecule has 0 aromatic carbocycles. The molecule has 1 heterocycles. The zero-order valence-electron chi connectivity index (χ0n) is 28.0. The van der Waals surface area contributed by atoms with E-state index in [0.29, 0.717) is 41.6 Å². The molecule has 0 unspecified atom stereocenters. The summed E-state index contributed by atoms with van der Waals surface area (Å²) >= 11 is 0. The summed E-state index contributed by atoms with van der Waals surface area (Å²) in [5.41, 5.74) is 1.39. The third kappa shape index (κ3) is 5.59. The standard InChI is InChI=1S/C39H64O5/c1-25-21-37(18-13-27(22-37)14-19-38(43)16-7-10-31(41)23-38)35-36(3,44-35)17-15-33-32(25)24-39(33,29-8-5-4-6-9-29)30-12-11-28(20-30)34(42)26(2)40/h26-35,40-43H,1,4-24H2,2-3H3/t26-,27-,28-,30+,31-,32+,33+,34-,35+,36+,37+,38-,39-/m0/s1. The summed E-state index contributed by atoms with van der Waals surface area (Å²) in [6.07, 6.45) is 22.6. The topological polar surface area (TPSA) is 93.5 Å². The number of fused-ring (bicyclic) bond motifs is 3. The van der Waals surface area contributed by atoms with Gasteiger partial charge in [0.15, 0.2) is 0 Å². The van der Waals surface area contributed by atoms with Gasteiger partial charge in [0.05, 0.1) is 35.6 Å². The van der Waals surface area contributed by atoms with Gasteiger partial charge in [0.1, 0.15) is 0 Å². The van der Waals surface area contributed by atoms with Crippen molar-refractivity contribution in [3.63, 3.8) is 0 Å². The maximum Gasteiger partial charge on any atom is 0.0930 e. The summed E-state index contributed by atoms with van der Waals surface area (Å²) in [7, 11) is 0. The van der Waals surface area contributed by atoms with Gasteiger partial charge >= 0.3 is 0 Å². The molecule has 0 amide bonds. The fourth-order valence-electron chi connectivity index (χ4n) is 13.1. The molecule has 5 heteroatoms. The lowest BCUT2D eigenvalue weighted by Crippen LogP contribution is -2.57. The number of epoxide rings is 1. The Kier molecular flexibility index (Phi) is 8.68. The number of rotatable bonds is 7. The first-order valence-corrected chi connectivity index (χ1v) is 19.1. The predicted molar refractivity (Wildman–Crippen MR) is 174 cm³/mol. The van der Waals surface area contributed by atoms with Crippen LogP contribution >= 0.6 is 0 Å². The maximum absolute atomic E-state index is 11.2. The van der Waals surface area contributed by atoms with Crippen molar-refractivity contribution in [1.29, 1.82) is 0 Å². The van der Waals surface area contributed by atoms with Crippen molar-refractivity contribution in [3.05, 3.63) is 12.2 Å². The van der Waals surface area contributed by atoms with Crippen molar-refractivity contribution < 1.29 is 25.2 Å². The average Bonchev–Trinajstić information content (AvgIpc) is 3.28. The third-order valence-electron chi connectivity index (χ3n) is 15.4. The normalized spacial score (nSPS) is 51.0. The van der Waals surface area contributed by atoms with E-state index in [1.807, 2.05) is 0 Å². The van der Waals surface area contributed by atoms with E-state index in [2.05, 4.69) is 6.92 Å². The van der Waals surface area contributed by atoms with E-state index >= 15 is 0 Å². The van der Waals surface area contributed by atoms with Crippen molar-refractivity contribution in [2.24, 2.45) is 46.3 Å². The molecule has 4 N–H and O–H groups in total. The maximum atomic E-state index is 11.2. The Morgan fingerprint density at radius 2 is 1.68 bits per heavy atom. The Morgan fingerprint density at radius 1 is 0.886 bits per heavy atom. The highest BCUT2D eigenvalue weighted by Crippen LogP contribution is 2.72. The summed E-state index contributed by atoms with van der Waals surface area (Å²) in [5.74, 6) is 3.65. The van der Waals surface area contributed by atoms with Gasteiger partial charge in [-0.05, 0) is 164 Å². The van der Waals surface area contributed by atoms with Gasteiger partial charge in [-0.1, -0.05) is 31.4 Å². The predicted octanol–water partition coefficient (Wildman–Crippen LogP) is 7.48. The first kappa shape index (κ1) is 32.1. The van der Waals surface area contributed by atoms with Crippen molar-refractivity contribution in [2.75, 3.05) is 0 Å². The lowest BCUT2D eigenvalue weighted by Gasteiger charge is -2.64. The highest BCUT2D eigenvalue weighted by atomic mass is 16.6. The first-order chi connectivity index (χ1) is 21.0. The molecule has 7 fully saturated rings. The summed E-state index contributed by atoms with van der Waals surface area (Å²) in [6, 6.07) is 0. The van der Waals surface area contributed by atoms with Crippen LogP contribution in [-0.2, 0) is 4.74 Å². The zero-order valence-corrected chi connectivity index (χ0v) is 28.0. The number of aliphatic hydroxyl groups is 4. The van der Waals surface area contributed by atoms with Gasteiger partial charge in [-0.3, -0.25) is 0 Å². The quantitative estimate of drug-likeness (QED) is 0.177. The summed E-state index contributed by atoms with van der Waals surface area (Å²) in [6.45, 7) is 9.08. The van der Waals surface area contributed by atoms with Crippen LogP contribution < -0.4 is 0 Å². The molecule has 5 nitrogen and oxygen atoms in total. The Balaban J connectivity index is 1.08. The Bertz CT molecular complexity index is 1050. The van der Waals surface area contributed by atoms with Crippen LogP contribution in [0.15, 0.2) is 12.2 Å². The minimum absolute atomic E-state index is 0.00956. The molecule has 250 valence electrons. The fraction of sp³-hybridized carbons (Fsp3) is 0.949. The molecule has 0 aromatic heterocycles. The van der Waals surface area contributed by atoms with E-state index in [-0.39, 0.29) is 23.0 Å². The first-order valence-electron chi connectivity index (χ1n) is 19.1. The van der Waals surface area contributed by atoms with Gasteiger partial charge in [-0.2, -0.15) is 0 Å². The lowest BCUT2D eigenvalue weighted by molar-refractivity contribution is -0.140. The number of aliphatic hydroxyl groups excluding tert-OH is 3. The Morgan fingerprint density at radius 3 is 2.43 bits per heavy atom. The average molecular weight is 613 g/mol. The van der Waals surface area contributed by atoms with E-state index in [9.17, 15) is 20.4 Å². The third-order valence-corrected chi connectivity index (χ3v) is 15.4. The molecular weight excluding hydrogens is 548 g/mol. The van der Waals surface area contributed by atoms with Crippen molar-refractivity contribution >= 4 is 0 Å². The van der Waals surface area contributed by atoms with Gasteiger partial charge in [0.25, 0.3) is 0 Å². The van der Waals surface area contributed by atoms with Crippen LogP contribution in [0.1, 0.15) is 149 Å². The van der Waals surface area contributed by atoms with E-state index in [1.165, 1.54) is 76.2 Å². The van der Waals surface area contributed by atoms with Crippen molar-refractivity contribution in [1.82, 2.24) is 0 Å². The second-order valence-corrected chi connectivity index (χ2v) is 18.0. The molecule has 0 radical (unpaired) electrons. The molecule has 1 aliphatic heterocycles. The van der Waals surface area contributed by atoms with Crippen LogP contribution in [-0.4, -0.2) is 56.0 Å². The van der Waals surface area contributed by atoms with Gasteiger partial charge in [-0.15, -0.1) is 0 Å². The minimum atomic E-state index is -0.674. The zero-order chi connectivity index (χ0) is 30.9. The van der Waals surface area contributed by atoms with Crippen LogP contribution in [0.4, 0.5) is 0 Å². The molecule has 7 rings (SSSR count). The number of hydrogen-bond donors (Lipinski definition) is 4. The minimum Gasteiger partial charge on any atom is -0.393 e. The summed E-state index contributed by atoms with van der Waals surface area (Å²) in [5, 5.41) is 42.5. The molecule has 6 saturated carbocycles. The number of hydrogen-bond acceptors (Lipinski definition) is 5.